The fraction of sp³-hybridized carbons (Fsp3) is 1.00. The Morgan fingerprint density at radius 2 is 1.07 bits per heavy atom. The molecule has 0 aliphatic heterocycles. The van der Waals surface area contributed by atoms with E-state index in [0.717, 1.165) is 19.4 Å². The zero-order valence-electron chi connectivity index (χ0n) is 21.0. The van der Waals surface area contributed by atoms with Gasteiger partial charge >= 0.3 is 90.7 Å². The molecule has 0 aliphatic rings. The van der Waals surface area contributed by atoms with E-state index >= 15 is 0 Å². The predicted octanol–water partition coefficient (Wildman–Crippen LogP) is 8.17. The molecule has 0 unspecified atom stereocenters. The summed E-state index contributed by atoms with van der Waals surface area (Å²) in [6.07, 6.45) is 2.22. The average molecular weight is 467 g/mol. The second-order valence-electron chi connectivity index (χ2n) is 9.58. The molecule has 164 valence electrons. The van der Waals surface area contributed by atoms with Gasteiger partial charge in [-0.1, -0.05) is 55.4 Å². The van der Waals surface area contributed by atoms with Crippen LogP contribution in [0.2, 0.25) is 0 Å². The molecule has 0 bridgehead atoms. The van der Waals surface area contributed by atoms with Crippen LogP contribution in [0.5, 0.6) is 0 Å². The predicted molar refractivity (Wildman–Crippen MR) is 121 cm³/mol. The van der Waals surface area contributed by atoms with Crippen molar-refractivity contribution in [3.8, 4) is 0 Å². The summed E-state index contributed by atoms with van der Waals surface area (Å²) in [7, 11) is 0. The van der Waals surface area contributed by atoms with E-state index < -0.39 is 18.2 Å². The first-order valence-electron chi connectivity index (χ1n) is 10.5. The van der Waals surface area contributed by atoms with Gasteiger partial charge in [-0.2, -0.15) is 6.54 Å². The van der Waals surface area contributed by atoms with Crippen molar-refractivity contribution in [2.45, 2.75) is 138 Å². The van der Waals surface area contributed by atoms with Crippen LogP contribution in [0.1, 0.15) is 110 Å². The fourth-order valence-electron chi connectivity index (χ4n) is 1.51. The first kappa shape index (κ1) is 31.9. The Balaban J connectivity index is -0.000000351. The van der Waals surface area contributed by atoms with Crippen LogP contribution in [0, 0.1) is 0 Å². The Labute approximate surface area is 180 Å². The molecule has 0 aromatic carbocycles. The summed E-state index contributed by atoms with van der Waals surface area (Å²) in [5.41, 5.74) is 0.444. The number of hydrogen-bond donors (Lipinski definition) is 0. The normalized spacial score (nSPS) is 11.9. The third-order valence-electron chi connectivity index (χ3n) is 3.50. The van der Waals surface area contributed by atoms with Gasteiger partial charge in [0.1, 0.15) is 0 Å². The average Bonchev–Trinajstić information content (AvgIpc) is 2.45. The minimum absolute atomic E-state index is 0.147. The Kier molecular flexibility index (Phi) is 19.0. The van der Waals surface area contributed by atoms with Crippen molar-refractivity contribution >= 4 is 0 Å². The van der Waals surface area contributed by atoms with E-state index in [9.17, 15) is 0 Å². The topological polar surface area (TPSA) is 52.9 Å². The molecule has 4 nitrogen and oxygen atoms in total. The van der Waals surface area contributed by atoms with Crippen LogP contribution < -0.4 is 0 Å². The Morgan fingerprint density at radius 3 is 1.19 bits per heavy atom. The maximum Gasteiger partial charge on any atom is -0.0818 e. The Bertz CT molecular complexity index is 381. The van der Waals surface area contributed by atoms with Gasteiger partial charge in [0, 0.05) is 0 Å². The molecular formula is C22H50MoN4. The summed E-state index contributed by atoms with van der Waals surface area (Å²) in [6, 6.07) is 0.991. The van der Waals surface area contributed by atoms with Crippen LogP contribution in [-0.2, 0) is 18.2 Å². The molecule has 0 aliphatic carbocycles. The van der Waals surface area contributed by atoms with Crippen LogP contribution in [0.4, 0.5) is 0 Å². The van der Waals surface area contributed by atoms with Crippen molar-refractivity contribution in [3.63, 3.8) is 0 Å². The molecule has 0 rings (SSSR count). The van der Waals surface area contributed by atoms with Crippen molar-refractivity contribution in [2.24, 2.45) is 6.99 Å². The molecule has 0 saturated carbocycles. The minimum Gasteiger partial charge on any atom is -0.660 e. The summed E-state index contributed by atoms with van der Waals surface area (Å²) in [5.74, 6) is 0. The SMILES string of the molecule is CC(C)[N-]C(C)(C)C.CCC(C)(C)[N]=[Mo+2]=[N]C(C)(C)CC.CC[N-]C(C)C. The molecule has 0 saturated heterocycles. The van der Waals surface area contributed by atoms with Crippen molar-refractivity contribution in [1.29, 1.82) is 0 Å². The first-order valence-corrected chi connectivity index (χ1v) is 12.3. The monoisotopic (exact) mass is 468 g/mol. The van der Waals surface area contributed by atoms with Crippen molar-refractivity contribution in [3.05, 3.63) is 10.6 Å². The van der Waals surface area contributed by atoms with Crippen molar-refractivity contribution in [2.75, 3.05) is 6.54 Å². The molecule has 0 heterocycles. The van der Waals surface area contributed by atoms with Gasteiger partial charge in [-0.25, -0.2) is 0 Å². The van der Waals surface area contributed by atoms with E-state index in [1.54, 1.807) is 0 Å². The summed E-state index contributed by atoms with van der Waals surface area (Å²) < 4.78 is 9.34. The molecule has 0 spiro atoms. The quantitative estimate of drug-likeness (QED) is 0.340. The summed E-state index contributed by atoms with van der Waals surface area (Å²) in [4.78, 5) is 0. The van der Waals surface area contributed by atoms with Crippen molar-refractivity contribution < 1.29 is 18.2 Å². The van der Waals surface area contributed by atoms with E-state index in [1.165, 1.54) is 0 Å². The van der Waals surface area contributed by atoms with E-state index in [1.807, 2.05) is 0 Å². The summed E-state index contributed by atoms with van der Waals surface area (Å²) in [5, 5.41) is 8.53. The third-order valence-corrected chi connectivity index (χ3v) is 6.33. The van der Waals surface area contributed by atoms with E-state index in [-0.39, 0.29) is 16.6 Å². The first-order chi connectivity index (χ1) is 12.0. The molecule has 0 radical (unpaired) electrons. The maximum atomic E-state index is 4.67. The van der Waals surface area contributed by atoms with Crippen molar-refractivity contribution in [1.82, 2.24) is 0 Å². The molecule has 0 amide bonds. The van der Waals surface area contributed by atoms with Gasteiger partial charge in [-0.15, -0.1) is 17.6 Å². The van der Waals surface area contributed by atoms with Gasteiger partial charge < -0.3 is 10.6 Å². The molecule has 27 heavy (non-hydrogen) atoms. The molecule has 0 aromatic rings. The fourth-order valence-corrected chi connectivity index (χ4v) is 3.33. The largest absolute Gasteiger partial charge is 0.660 e. The van der Waals surface area contributed by atoms with Gasteiger partial charge in [0.25, 0.3) is 0 Å². The minimum atomic E-state index is -0.492. The standard InChI is InChI=1S/C7H16N.C5H12N.2C5H11N.Mo/c1-6(2)8-7(3,4)5;1-4-6-5(2)3;2*1-4-5(2,3)6;/h6H,1-5H3;5H,4H2,1-3H3;2*4H2,1-3H3;/q2*-1;;;+2. The second kappa shape index (κ2) is 16.1. The molecular weight excluding hydrogens is 416 g/mol. The zero-order valence-corrected chi connectivity index (χ0v) is 23.0. The molecule has 0 fully saturated rings. The Hall–Kier alpha value is 0.208. The van der Waals surface area contributed by atoms with Gasteiger partial charge in [-0.05, 0) is 0 Å². The number of nitrogens with zero attached hydrogens (tertiary/aromatic N) is 4. The van der Waals surface area contributed by atoms with Crippen LogP contribution >= 0.6 is 0 Å². The Morgan fingerprint density at radius 1 is 0.704 bits per heavy atom. The van der Waals surface area contributed by atoms with E-state index in [0.29, 0.717) is 12.1 Å². The molecule has 0 N–H and O–H groups in total. The number of hydrogen-bond acceptors (Lipinski definition) is 2. The summed E-state index contributed by atoms with van der Waals surface area (Å²) in [6.45, 7) is 30.9. The van der Waals surface area contributed by atoms with Crippen LogP contribution in [-0.4, -0.2) is 35.2 Å². The van der Waals surface area contributed by atoms with Gasteiger partial charge in [-0.3, -0.25) is 0 Å². The molecule has 0 aromatic heterocycles. The van der Waals surface area contributed by atoms with Gasteiger partial charge in [0.15, 0.2) is 0 Å². The van der Waals surface area contributed by atoms with E-state index in [4.69, 9.17) is 0 Å². The molecule has 0 atom stereocenters. The third kappa shape index (κ3) is 31.1. The smallest absolute Gasteiger partial charge is 0.0818 e. The maximum absolute atomic E-state index is 4.67. The van der Waals surface area contributed by atoms with Crippen LogP contribution in [0.25, 0.3) is 10.6 Å². The van der Waals surface area contributed by atoms with E-state index in [2.05, 4.69) is 115 Å². The van der Waals surface area contributed by atoms with Crippen LogP contribution in [0.3, 0.4) is 0 Å². The zero-order chi connectivity index (χ0) is 22.3. The van der Waals surface area contributed by atoms with Gasteiger partial charge in [0.05, 0.1) is 0 Å². The second-order valence-corrected chi connectivity index (χ2v) is 10.9. The molecule has 5 heteroatoms. The van der Waals surface area contributed by atoms with Gasteiger partial charge in [0.2, 0.25) is 0 Å². The van der Waals surface area contributed by atoms with Crippen LogP contribution in [0.15, 0.2) is 6.99 Å². The number of rotatable bonds is 7. The summed E-state index contributed by atoms with van der Waals surface area (Å²) >= 11 is -0.492.